The Morgan fingerprint density at radius 1 is 1.24 bits per heavy atom. The van der Waals surface area contributed by atoms with E-state index >= 15 is 0 Å². The van der Waals surface area contributed by atoms with Crippen LogP contribution >= 0.6 is 11.3 Å². The van der Waals surface area contributed by atoms with E-state index in [1.165, 1.54) is 22.2 Å². The van der Waals surface area contributed by atoms with Gasteiger partial charge >= 0.3 is 5.63 Å². The smallest absolute Gasteiger partial charge is 0.347 e. The predicted octanol–water partition coefficient (Wildman–Crippen LogP) is 3.40. The monoisotopic (exact) mass is 406 g/mol. The Labute approximate surface area is 167 Å². The number of hydrogen-bond acceptors (Lipinski definition) is 7. The van der Waals surface area contributed by atoms with E-state index in [2.05, 4.69) is 15.4 Å². The van der Waals surface area contributed by atoms with E-state index in [1.807, 2.05) is 30.3 Å². The molecule has 0 aliphatic rings. The van der Waals surface area contributed by atoms with Crippen LogP contribution in [0.1, 0.15) is 0 Å². The highest BCUT2D eigenvalue weighted by Gasteiger charge is 2.16. The Morgan fingerprint density at radius 2 is 2.10 bits per heavy atom. The Kier molecular flexibility index (Phi) is 4.02. The van der Waals surface area contributed by atoms with Crippen LogP contribution < -0.4 is 15.7 Å². The zero-order chi connectivity index (χ0) is 20.0. The number of benzene rings is 2. The SMILES string of the molecule is COc1ccc2nc(NC(=O)Cn3ncc4c(=O)oc5ccccc5c43)sc2c1. The van der Waals surface area contributed by atoms with Gasteiger partial charge in [0.15, 0.2) is 5.13 Å². The molecule has 0 aliphatic carbocycles. The van der Waals surface area contributed by atoms with Crippen molar-refractivity contribution >= 4 is 54.5 Å². The van der Waals surface area contributed by atoms with Gasteiger partial charge in [0.1, 0.15) is 23.3 Å². The number of nitrogens with one attached hydrogen (secondary N) is 1. The number of amides is 1. The molecule has 5 aromatic rings. The Hall–Kier alpha value is -3.72. The second-order valence-electron chi connectivity index (χ2n) is 6.35. The lowest BCUT2D eigenvalue weighted by Crippen LogP contribution is -2.19. The van der Waals surface area contributed by atoms with Crippen molar-refractivity contribution < 1.29 is 13.9 Å². The van der Waals surface area contributed by atoms with Gasteiger partial charge in [-0.1, -0.05) is 23.5 Å². The first-order chi connectivity index (χ1) is 14.1. The summed E-state index contributed by atoms with van der Waals surface area (Å²) in [5.41, 5.74) is 1.32. The Bertz CT molecular complexity index is 1450. The summed E-state index contributed by atoms with van der Waals surface area (Å²) >= 11 is 1.36. The average Bonchev–Trinajstić information content (AvgIpc) is 3.31. The molecule has 0 aliphatic heterocycles. The van der Waals surface area contributed by atoms with Crippen molar-refractivity contribution in [1.29, 1.82) is 0 Å². The van der Waals surface area contributed by atoms with Crippen LogP contribution in [0.25, 0.3) is 32.1 Å². The minimum absolute atomic E-state index is 0.0593. The van der Waals surface area contributed by atoms with E-state index in [-0.39, 0.29) is 12.5 Å². The van der Waals surface area contributed by atoms with Crippen molar-refractivity contribution in [3.8, 4) is 5.75 Å². The van der Waals surface area contributed by atoms with Gasteiger partial charge in [0, 0.05) is 5.39 Å². The van der Waals surface area contributed by atoms with Crippen LogP contribution in [0.3, 0.4) is 0 Å². The summed E-state index contributed by atoms with van der Waals surface area (Å²) in [6.45, 7) is -0.0593. The van der Waals surface area contributed by atoms with Crippen LogP contribution in [0.2, 0.25) is 0 Å². The van der Waals surface area contributed by atoms with Gasteiger partial charge < -0.3 is 14.5 Å². The number of para-hydroxylation sites is 1. The molecule has 0 fully saturated rings. The Balaban J connectivity index is 1.47. The summed E-state index contributed by atoms with van der Waals surface area (Å²) in [5.74, 6) is 0.436. The zero-order valence-electron chi connectivity index (χ0n) is 15.2. The number of ether oxygens (including phenoxy) is 1. The van der Waals surface area contributed by atoms with Crippen molar-refractivity contribution in [2.45, 2.75) is 6.54 Å². The molecular formula is C20H14N4O4S. The molecule has 0 spiro atoms. The maximum atomic E-state index is 12.6. The summed E-state index contributed by atoms with van der Waals surface area (Å²) in [6.07, 6.45) is 1.42. The molecule has 0 saturated carbocycles. The van der Waals surface area contributed by atoms with Gasteiger partial charge in [-0.25, -0.2) is 9.78 Å². The van der Waals surface area contributed by atoms with Crippen LogP contribution in [0.5, 0.6) is 5.75 Å². The topological polar surface area (TPSA) is 99.2 Å². The van der Waals surface area contributed by atoms with Gasteiger partial charge in [0.25, 0.3) is 0 Å². The minimum Gasteiger partial charge on any atom is -0.497 e. The van der Waals surface area contributed by atoms with E-state index < -0.39 is 5.63 Å². The first kappa shape index (κ1) is 17.4. The molecule has 5 rings (SSSR count). The standard InChI is InChI=1S/C20H14N4O4S/c1-27-11-6-7-14-16(8-11)29-20(22-14)23-17(25)10-24-18-12-4-2-3-5-15(12)28-19(26)13(18)9-21-24/h2-9H,10H2,1H3,(H,22,23,25). The molecule has 1 amide bonds. The lowest BCUT2D eigenvalue weighted by molar-refractivity contribution is -0.116. The van der Waals surface area contributed by atoms with Gasteiger partial charge in [-0.2, -0.15) is 5.10 Å². The van der Waals surface area contributed by atoms with Gasteiger partial charge in [-0.05, 0) is 30.3 Å². The van der Waals surface area contributed by atoms with Gasteiger partial charge in [-0.3, -0.25) is 9.48 Å². The first-order valence-corrected chi connectivity index (χ1v) is 9.56. The molecule has 0 radical (unpaired) electrons. The fourth-order valence-corrected chi connectivity index (χ4v) is 4.14. The minimum atomic E-state index is -0.481. The number of anilines is 1. The molecule has 0 atom stereocenters. The van der Waals surface area contributed by atoms with Crippen LogP contribution in [0, 0.1) is 0 Å². The quantitative estimate of drug-likeness (QED) is 0.459. The third-order valence-corrected chi connectivity index (χ3v) is 5.47. The zero-order valence-corrected chi connectivity index (χ0v) is 16.0. The number of aromatic nitrogens is 3. The number of nitrogens with zero attached hydrogens (tertiary/aromatic N) is 3. The molecule has 8 nitrogen and oxygen atoms in total. The molecule has 144 valence electrons. The maximum absolute atomic E-state index is 12.6. The molecule has 3 aromatic heterocycles. The molecular weight excluding hydrogens is 392 g/mol. The Morgan fingerprint density at radius 3 is 2.97 bits per heavy atom. The van der Waals surface area contributed by atoms with E-state index in [4.69, 9.17) is 9.15 Å². The average molecular weight is 406 g/mol. The molecule has 0 unspecified atom stereocenters. The molecule has 3 heterocycles. The number of hydrogen-bond donors (Lipinski definition) is 1. The van der Waals surface area contributed by atoms with E-state index in [0.717, 1.165) is 21.4 Å². The van der Waals surface area contributed by atoms with Crippen molar-refractivity contribution in [2.24, 2.45) is 0 Å². The molecule has 0 bridgehead atoms. The largest absolute Gasteiger partial charge is 0.497 e. The normalized spacial score (nSPS) is 11.3. The number of rotatable bonds is 4. The van der Waals surface area contributed by atoms with Crippen LogP contribution in [-0.4, -0.2) is 27.8 Å². The van der Waals surface area contributed by atoms with E-state index in [9.17, 15) is 9.59 Å². The molecule has 9 heteroatoms. The van der Waals surface area contributed by atoms with Gasteiger partial charge in [0.2, 0.25) is 5.91 Å². The van der Waals surface area contributed by atoms with Crippen LogP contribution in [-0.2, 0) is 11.3 Å². The van der Waals surface area contributed by atoms with Crippen molar-refractivity contribution in [3.63, 3.8) is 0 Å². The van der Waals surface area contributed by atoms with Gasteiger partial charge in [0.05, 0.1) is 29.0 Å². The highest BCUT2D eigenvalue weighted by molar-refractivity contribution is 7.22. The lowest BCUT2D eigenvalue weighted by atomic mass is 10.2. The summed E-state index contributed by atoms with van der Waals surface area (Å²) < 4.78 is 12.9. The van der Waals surface area contributed by atoms with Crippen LogP contribution in [0.4, 0.5) is 5.13 Å². The number of methoxy groups -OCH3 is 1. The second-order valence-corrected chi connectivity index (χ2v) is 7.38. The molecule has 1 N–H and O–H groups in total. The third-order valence-electron chi connectivity index (χ3n) is 4.54. The number of carbonyl (C=O) groups excluding carboxylic acids is 1. The highest BCUT2D eigenvalue weighted by atomic mass is 32.1. The molecule has 29 heavy (non-hydrogen) atoms. The van der Waals surface area contributed by atoms with Gasteiger partial charge in [-0.15, -0.1) is 0 Å². The summed E-state index contributed by atoms with van der Waals surface area (Å²) in [4.78, 5) is 29.2. The summed E-state index contributed by atoms with van der Waals surface area (Å²) in [5, 5.41) is 8.56. The lowest BCUT2D eigenvalue weighted by Gasteiger charge is -2.05. The first-order valence-electron chi connectivity index (χ1n) is 8.74. The molecule has 2 aromatic carbocycles. The van der Waals surface area contributed by atoms with Crippen molar-refractivity contribution in [2.75, 3.05) is 12.4 Å². The van der Waals surface area contributed by atoms with E-state index in [0.29, 0.717) is 21.6 Å². The highest BCUT2D eigenvalue weighted by Crippen LogP contribution is 2.29. The van der Waals surface area contributed by atoms with Crippen molar-refractivity contribution in [1.82, 2.24) is 14.8 Å². The third kappa shape index (κ3) is 3.01. The number of carbonyl (C=O) groups is 1. The fourth-order valence-electron chi connectivity index (χ4n) is 3.23. The molecule has 0 saturated heterocycles. The second kappa shape index (κ2) is 6.71. The fraction of sp³-hybridized carbons (Fsp3) is 0.100. The maximum Gasteiger partial charge on any atom is 0.347 e. The predicted molar refractivity (Wildman–Crippen MR) is 111 cm³/mol. The number of thiazole rings is 1. The summed E-state index contributed by atoms with van der Waals surface area (Å²) in [7, 11) is 1.60. The van der Waals surface area contributed by atoms with Crippen molar-refractivity contribution in [3.05, 3.63) is 59.1 Å². The number of fused-ring (bicyclic) bond motifs is 4. The van der Waals surface area contributed by atoms with E-state index in [1.54, 1.807) is 19.2 Å². The van der Waals surface area contributed by atoms with Crippen LogP contribution in [0.15, 0.2) is 57.9 Å². The summed E-state index contributed by atoms with van der Waals surface area (Å²) in [6, 6.07) is 12.7.